The fourth-order valence-corrected chi connectivity index (χ4v) is 2.86. The van der Waals surface area contributed by atoms with E-state index in [1.165, 1.54) is 0 Å². The van der Waals surface area contributed by atoms with E-state index in [4.69, 9.17) is 0 Å². The van der Waals surface area contributed by atoms with Gasteiger partial charge < -0.3 is 9.47 Å². The summed E-state index contributed by atoms with van der Waals surface area (Å²) in [4.78, 5) is 25.7. The van der Waals surface area contributed by atoms with Crippen molar-refractivity contribution in [2.75, 3.05) is 11.4 Å². The molecule has 0 bridgehead atoms. The number of carbonyl (C=O) groups is 1. The van der Waals surface area contributed by atoms with Crippen molar-refractivity contribution in [1.29, 1.82) is 0 Å². The minimum absolute atomic E-state index is 0.0166. The van der Waals surface area contributed by atoms with Crippen LogP contribution in [-0.2, 0) is 11.8 Å². The van der Waals surface area contributed by atoms with Crippen LogP contribution in [0, 0.1) is 6.92 Å². The molecule has 0 spiro atoms. The van der Waals surface area contributed by atoms with Crippen LogP contribution in [-0.4, -0.2) is 17.0 Å². The molecule has 1 aromatic carbocycles. The number of fused-ring (bicyclic) bond motifs is 1. The van der Waals surface area contributed by atoms with Crippen molar-refractivity contribution in [3.8, 4) is 0 Å². The minimum Gasteiger partial charge on any atom is -0.312 e. The summed E-state index contributed by atoms with van der Waals surface area (Å²) in [5, 5.41) is 1.06. The van der Waals surface area contributed by atoms with Gasteiger partial charge in [-0.1, -0.05) is 6.07 Å². The number of hydrogen-bond donors (Lipinski definition) is 0. The summed E-state index contributed by atoms with van der Waals surface area (Å²) in [5.41, 5.74) is 2.73. The zero-order valence-electron chi connectivity index (χ0n) is 11.8. The number of aryl methyl sites for hydroxylation is 2. The standard InChI is InChI=1S/C16H18N2O2/c1-11-9-16(20)17(2)14-10-12(6-7-13(11)14)18-8-4-3-5-15(18)19/h6-7,9-10H,3-5,8H2,1-2H3. The van der Waals surface area contributed by atoms with Crippen molar-refractivity contribution in [3.05, 3.63) is 40.2 Å². The second kappa shape index (κ2) is 4.78. The molecule has 104 valence electrons. The predicted octanol–water partition coefficient (Wildman–Crippen LogP) is 2.36. The Kier molecular flexibility index (Phi) is 3.08. The SMILES string of the molecule is Cc1cc(=O)n(C)c2cc(N3CCCCC3=O)ccc12. The number of hydrogen-bond acceptors (Lipinski definition) is 2. The predicted molar refractivity (Wildman–Crippen MR) is 80.1 cm³/mol. The van der Waals surface area contributed by atoms with Gasteiger partial charge in [-0.25, -0.2) is 0 Å². The van der Waals surface area contributed by atoms with E-state index in [1.54, 1.807) is 17.7 Å². The van der Waals surface area contributed by atoms with Gasteiger partial charge in [-0.15, -0.1) is 0 Å². The van der Waals surface area contributed by atoms with Crippen LogP contribution in [0.25, 0.3) is 10.9 Å². The van der Waals surface area contributed by atoms with Crippen LogP contribution in [0.15, 0.2) is 29.1 Å². The summed E-state index contributed by atoms with van der Waals surface area (Å²) < 4.78 is 1.64. The van der Waals surface area contributed by atoms with Gasteiger partial charge in [0.1, 0.15) is 0 Å². The van der Waals surface area contributed by atoms with Crippen molar-refractivity contribution in [1.82, 2.24) is 4.57 Å². The average Bonchev–Trinajstić information content (AvgIpc) is 2.45. The summed E-state index contributed by atoms with van der Waals surface area (Å²) in [5.74, 6) is 0.174. The normalized spacial score (nSPS) is 15.9. The monoisotopic (exact) mass is 270 g/mol. The Morgan fingerprint density at radius 1 is 1.10 bits per heavy atom. The molecule has 1 aliphatic rings. The highest BCUT2D eigenvalue weighted by Crippen LogP contribution is 2.26. The first kappa shape index (κ1) is 12.9. The number of amides is 1. The smallest absolute Gasteiger partial charge is 0.251 e. The molecule has 1 aromatic heterocycles. The minimum atomic E-state index is -0.0166. The molecule has 1 amide bonds. The fourth-order valence-electron chi connectivity index (χ4n) is 2.86. The van der Waals surface area contributed by atoms with Crippen molar-refractivity contribution >= 4 is 22.5 Å². The lowest BCUT2D eigenvalue weighted by Crippen LogP contribution is -2.35. The zero-order chi connectivity index (χ0) is 14.3. The van der Waals surface area contributed by atoms with Crippen molar-refractivity contribution in [2.45, 2.75) is 26.2 Å². The number of piperidine rings is 1. The van der Waals surface area contributed by atoms with Gasteiger partial charge in [0.15, 0.2) is 0 Å². The van der Waals surface area contributed by atoms with Crippen molar-refractivity contribution in [3.63, 3.8) is 0 Å². The van der Waals surface area contributed by atoms with Gasteiger partial charge in [-0.05, 0) is 37.5 Å². The molecule has 0 radical (unpaired) electrons. The average molecular weight is 270 g/mol. The zero-order valence-corrected chi connectivity index (χ0v) is 11.8. The molecule has 0 saturated carbocycles. The molecule has 3 rings (SSSR count). The number of anilines is 1. The van der Waals surface area contributed by atoms with Crippen LogP contribution in [0.2, 0.25) is 0 Å². The molecule has 4 nitrogen and oxygen atoms in total. The molecule has 1 aliphatic heterocycles. The van der Waals surface area contributed by atoms with E-state index < -0.39 is 0 Å². The van der Waals surface area contributed by atoms with Crippen LogP contribution in [0.1, 0.15) is 24.8 Å². The Labute approximate surface area is 117 Å². The maximum absolute atomic E-state index is 12.0. The van der Waals surface area contributed by atoms with Crippen LogP contribution < -0.4 is 10.5 Å². The van der Waals surface area contributed by atoms with E-state index in [0.717, 1.165) is 41.5 Å². The highest BCUT2D eigenvalue weighted by Gasteiger charge is 2.20. The van der Waals surface area contributed by atoms with E-state index in [0.29, 0.717) is 6.42 Å². The van der Waals surface area contributed by atoms with E-state index in [2.05, 4.69) is 0 Å². The topological polar surface area (TPSA) is 42.3 Å². The molecule has 1 fully saturated rings. The maximum Gasteiger partial charge on any atom is 0.251 e. The van der Waals surface area contributed by atoms with Crippen molar-refractivity contribution < 1.29 is 4.79 Å². The largest absolute Gasteiger partial charge is 0.312 e. The molecule has 1 saturated heterocycles. The van der Waals surface area contributed by atoms with Crippen LogP contribution in [0.4, 0.5) is 5.69 Å². The number of pyridine rings is 1. The second-order valence-electron chi connectivity index (χ2n) is 5.43. The summed E-state index contributed by atoms with van der Waals surface area (Å²) in [6.45, 7) is 2.71. The van der Waals surface area contributed by atoms with E-state index >= 15 is 0 Å². The molecule has 0 N–H and O–H groups in total. The Hall–Kier alpha value is -2.10. The van der Waals surface area contributed by atoms with Crippen molar-refractivity contribution in [2.24, 2.45) is 7.05 Å². The lowest BCUT2D eigenvalue weighted by atomic mass is 10.1. The highest BCUT2D eigenvalue weighted by molar-refractivity contribution is 5.96. The van der Waals surface area contributed by atoms with Gasteiger partial charge in [-0.3, -0.25) is 9.59 Å². The third-order valence-electron chi connectivity index (χ3n) is 4.07. The summed E-state index contributed by atoms with van der Waals surface area (Å²) >= 11 is 0. The van der Waals surface area contributed by atoms with Gasteiger partial charge in [0.05, 0.1) is 5.52 Å². The van der Waals surface area contributed by atoms with E-state index in [9.17, 15) is 9.59 Å². The van der Waals surface area contributed by atoms with Gasteiger partial charge >= 0.3 is 0 Å². The van der Waals surface area contributed by atoms with Gasteiger partial charge in [-0.2, -0.15) is 0 Å². The molecular weight excluding hydrogens is 252 g/mol. The number of rotatable bonds is 1. The lowest BCUT2D eigenvalue weighted by Gasteiger charge is -2.27. The molecule has 0 aliphatic carbocycles. The quantitative estimate of drug-likeness (QED) is 0.798. The highest BCUT2D eigenvalue weighted by atomic mass is 16.2. The van der Waals surface area contributed by atoms with E-state index in [1.807, 2.05) is 30.0 Å². The Balaban J connectivity index is 2.17. The molecule has 0 atom stereocenters. The van der Waals surface area contributed by atoms with Gasteiger partial charge in [0.25, 0.3) is 5.56 Å². The Morgan fingerprint density at radius 3 is 2.65 bits per heavy atom. The first-order valence-corrected chi connectivity index (χ1v) is 6.99. The molecule has 2 aromatic rings. The summed E-state index contributed by atoms with van der Waals surface area (Å²) in [6, 6.07) is 7.57. The Morgan fingerprint density at radius 2 is 1.90 bits per heavy atom. The summed E-state index contributed by atoms with van der Waals surface area (Å²) in [7, 11) is 1.77. The van der Waals surface area contributed by atoms with Crippen LogP contribution in [0.5, 0.6) is 0 Å². The second-order valence-corrected chi connectivity index (χ2v) is 5.43. The fraction of sp³-hybridized carbons (Fsp3) is 0.375. The van der Waals surface area contributed by atoms with Gasteiger partial charge in [0, 0.05) is 37.2 Å². The molecular formula is C16H18N2O2. The molecule has 20 heavy (non-hydrogen) atoms. The van der Waals surface area contributed by atoms with Crippen LogP contribution >= 0.6 is 0 Å². The van der Waals surface area contributed by atoms with Crippen LogP contribution in [0.3, 0.4) is 0 Å². The lowest BCUT2D eigenvalue weighted by molar-refractivity contribution is -0.119. The summed E-state index contributed by atoms with van der Waals surface area (Å²) in [6.07, 6.45) is 2.63. The third-order valence-corrected chi connectivity index (χ3v) is 4.07. The maximum atomic E-state index is 12.0. The number of carbonyl (C=O) groups excluding carboxylic acids is 1. The van der Waals surface area contributed by atoms with E-state index in [-0.39, 0.29) is 11.5 Å². The first-order chi connectivity index (χ1) is 9.58. The molecule has 2 heterocycles. The number of aromatic nitrogens is 1. The first-order valence-electron chi connectivity index (χ1n) is 6.99. The Bertz CT molecular complexity index is 746. The molecule has 0 unspecified atom stereocenters. The number of benzene rings is 1. The number of nitrogens with zero attached hydrogens (tertiary/aromatic N) is 2. The third kappa shape index (κ3) is 2.01. The van der Waals surface area contributed by atoms with Gasteiger partial charge in [0.2, 0.25) is 5.91 Å². The molecule has 4 heteroatoms.